The van der Waals surface area contributed by atoms with Crippen molar-refractivity contribution in [2.45, 2.75) is 57.4 Å². The van der Waals surface area contributed by atoms with E-state index < -0.39 is 0 Å². The van der Waals surface area contributed by atoms with Crippen LogP contribution in [0.2, 0.25) is 10.0 Å². The van der Waals surface area contributed by atoms with Gasteiger partial charge in [-0.2, -0.15) is 4.57 Å². The molecule has 288 valence electrons. The molecule has 0 spiro atoms. The molecule has 3 heterocycles. The summed E-state index contributed by atoms with van der Waals surface area (Å²) in [6.07, 6.45) is 12.8. The molecule has 11 heteroatoms. The molecule has 0 atom stereocenters. The largest absolute Gasteiger partial charge is 0.459 e. The lowest BCUT2D eigenvalue weighted by atomic mass is 10.1. The molecule has 1 aliphatic rings. The van der Waals surface area contributed by atoms with Gasteiger partial charge in [-0.25, -0.2) is 4.98 Å². The Morgan fingerprint density at radius 3 is 2.52 bits per heavy atom. The average molecular weight is 841 g/mol. The first-order valence-corrected chi connectivity index (χ1v) is 22.3. The third-order valence-electron chi connectivity index (χ3n) is 9.74. The summed E-state index contributed by atoms with van der Waals surface area (Å²) >= 11 is 18.0. The Kier molecular flexibility index (Phi) is 13.5. The highest BCUT2D eigenvalue weighted by molar-refractivity contribution is 8.03. The quantitative estimate of drug-likeness (QED) is 0.0550. The Bertz CT molecular complexity index is 2380. The van der Waals surface area contributed by atoms with Crippen molar-refractivity contribution in [3.8, 4) is 0 Å². The van der Waals surface area contributed by atoms with Crippen LogP contribution in [0.3, 0.4) is 0 Å². The monoisotopic (exact) mass is 839 g/mol. The van der Waals surface area contributed by atoms with E-state index >= 15 is 0 Å². The maximum atomic E-state index is 12.8. The molecule has 1 aliphatic heterocycles. The average Bonchev–Trinajstić information content (AvgIpc) is 3.88. The summed E-state index contributed by atoms with van der Waals surface area (Å²) in [5, 5.41) is 4.72. The maximum absolute atomic E-state index is 12.8. The van der Waals surface area contributed by atoms with Gasteiger partial charge in [0.2, 0.25) is 5.52 Å². The number of allylic oxidation sites excluding steroid dienone is 2. The van der Waals surface area contributed by atoms with E-state index in [0.717, 1.165) is 80.8 Å². The molecule has 7 rings (SSSR count). The first kappa shape index (κ1) is 40.1. The van der Waals surface area contributed by atoms with Gasteiger partial charge in [0.15, 0.2) is 13.2 Å². The van der Waals surface area contributed by atoms with Gasteiger partial charge in [-0.05, 0) is 104 Å². The van der Waals surface area contributed by atoms with E-state index in [1.807, 2.05) is 42.5 Å². The number of rotatable bonds is 16. The lowest BCUT2D eigenvalue weighted by Gasteiger charge is -2.19. The predicted molar refractivity (Wildman–Crippen MR) is 241 cm³/mol. The Morgan fingerprint density at radius 2 is 1.71 bits per heavy atom. The molecule has 0 radical (unpaired) electrons. The minimum absolute atomic E-state index is 0.153. The van der Waals surface area contributed by atoms with Crippen LogP contribution in [0.1, 0.15) is 61.5 Å². The van der Waals surface area contributed by atoms with Crippen LogP contribution in [0.4, 0.5) is 11.4 Å². The fraction of sp³-hybridized carbons (Fsp3) is 0.267. The Labute approximate surface area is 351 Å². The minimum atomic E-state index is -0.153. The Hall–Kier alpha value is -4.12. The van der Waals surface area contributed by atoms with Gasteiger partial charge in [0, 0.05) is 59.3 Å². The first-order valence-electron chi connectivity index (χ1n) is 19.1. The van der Waals surface area contributed by atoms with Gasteiger partial charge >= 0.3 is 5.97 Å². The molecule has 0 bridgehead atoms. The van der Waals surface area contributed by atoms with Crippen molar-refractivity contribution in [2.75, 3.05) is 36.5 Å². The number of thioether (sulfide) groups is 1. The van der Waals surface area contributed by atoms with Gasteiger partial charge in [0.25, 0.3) is 5.01 Å². The topological polar surface area (TPSA) is 49.6 Å². The fourth-order valence-electron chi connectivity index (χ4n) is 6.70. The van der Waals surface area contributed by atoms with Crippen molar-refractivity contribution >= 4 is 114 Å². The number of hydrogen-bond acceptors (Lipinski definition) is 8. The number of benzene rings is 4. The minimum Gasteiger partial charge on any atom is -0.459 e. The number of unbranched alkanes of at least 4 members (excludes halogenated alkanes) is 2. The van der Waals surface area contributed by atoms with Crippen molar-refractivity contribution in [3.63, 3.8) is 0 Å². The van der Waals surface area contributed by atoms with Crippen LogP contribution < -0.4 is 14.4 Å². The molecule has 4 aromatic carbocycles. The number of hydrogen-bond donors (Lipinski definition) is 0. The molecule has 0 N–H and O–H groups in total. The van der Waals surface area contributed by atoms with Gasteiger partial charge in [-0.3, -0.25) is 4.79 Å². The zero-order chi connectivity index (χ0) is 39.0. The highest BCUT2D eigenvalue weighted by Crippen LogP contribution is 2.47. The SMILES string of the molecule is CCC(=C\c1sc2ccc(Cl)cc2[n+]1CCOC(=O)CCCCCN(C)c1ccc(/C=C/c2nc3ccccc3s2)cc1)/C=C1/Sc2ccc(Cl)cc2N1CC. The van der Waals surface area contributed by atoms with Gasteiger partial charge in [0.1, 0.15) is 9.71 Å². The number of carbonyl (C=O) groups is 1. The van der Waals surface area contributed by atoms with E-state index in [-0.39, 0.29) is 5.97 Å². The highest BCUT2D eigenvalue weighted by Gasteiger charge is 2.25. The highest BCUT2D eigenvalue weighted by atomic mass is 35.5. The molecule has 0 amide bonds. The Balaban J connectivity index is 0.888. The van der Waals surface area contributed by atoms with E-state index in [4.69, 9.17) is 32.9 Å². The molecular formula is C45H45Cl2N4O2S3+. The van der Waals surface area contributed by atoms with Crippen LogP contribution in [-0.2, 0) is 16.1 Å². The molecular weight excluding hydrogens is 796 g/mol. The summed E-state index contributed by atoms with van der Waals surface area (Å²) in [4.78, 5) is 23.3. The standard InChI is InChI=1S/C45H45Cl2N4O2S3/c1-4-31(27-43-50(5-2)37-29-33(46)17-21-40(37)55-43)28-44-51(38-30-34(47)18-22-41(38)56-44)25-26-53-45(52)13-7-6-10-24-49(3)35-19-14-32(15-20-35)16-23-42-48-36-11-8-9-12-39(36)54-42/h8-9,11-12,14-23,27-30H,4-7,10,13,24-26H2,1-3H3/q+1/b23-16+. The molecule has 2 aromatic heterocycles. The molecule has 0 saturated carbocycles. The van der Waals surface area contributed by atoms with Gasteiger partial charge in [0.05, 0.1) is 20.9 Å². The van der Waals surface area contributed by atoms with Gasteiger partial charge in [-0.15, -0.1) is 11.3 Å². The van der Waals surface area contributed by atoms with Crippen molar-refractivity contribution in [1.29, 1.82) is 0 Å². The van der Waals surface area contributed by atoms with Crippen LogP contribution >= 0.6 is 57.6 Å². The molecule has 0 fully saturated rings. The van der Waals surface area contributed by atoms with Crippen molar-refractivity contribution < 1.29 is 14.1 Å². The second kappa shape index (κ2) is 18.9. The summed E-state index contributed by atoms with van der Waals surface area (Å²) in [6, 6.07) is 28.9. The molecule has 0 saturated heterocycles. The van der Waals surface area contributed by atoms with E-state index in [9.17, 15) is 4.79 Å². The van der Waals surface area contributed by atoms with Crippen molar-refractivity contribution in [3.05, 3.63) is 127 Å². The maximum Gasteiger partial charge on any atom is 0.306 e. The fourth-order valence-corrected chi connectivity index (χ4v) is 10.2. The van der Waals surface area contributed by atoms with Gasteiger partial charge in [-0.1, -0.05) is 90.0 Å². The molecule has 6 aromatic rings. The number of thiazole rings is 2. The van der Waals surface area contributed by atoms with Crippen LogP contribution in [0.15, 0.2) is 107 Å². The number of nitrogens with zero attached hydrogens (tertiary/aromatic N) is 4. The predicted octanol–water partition coefficient (Wildman–Crippen LogP) is 12.8. The van der Waals surface area contributed by atoms with E-state index in [0.29, 0.717) is 24.6 Å². The second-order valence-electron chi connectivity index (χ2n) is 13.6. The summed E-state index contributed by atoms with van der Waals surface area (Å²) in [5.74, 6) is -0.153. The third kappa shape index (κ3) is 9.87. The lowest BCUT2D eigenvalue weighted by Crippen LogP contribution is -2.37. The van der Waals surface area contributed by atoms with E-state index in [1.54, 1.807) is 34.4 Å². The smallest absolute Gasteiger partial charge is 0.306 e. The summed E-state index contributed by atoms with van der Waals surface area (Å²) in [6.45, 7) is 6.97. The van der Waals surface area contributed by atoms with Crippen LogP contribution in [0.5, 0.6) is 0 Å². The number of anilines is 2. The number of para-hydroxylation sites is 1. The van der Waals surface area contributed by atoms with Crippen LogP contribution in [0, 0.1) is 0 Å². The first-order chi connectivity index (χ1) is 27.3. The second-order valence-corrected chi connectivity index (χ2v) is 17.7. The van der Waals surface area contributed by atoms with E-state index in [2.05, 4.69) is 102 Å². The Morgan fingerprint density at radius 1 is 0.911 bits per heavy atom. The van der Waals surface area contributed by atoms with Gasteiger partial charge < -0.3 is 14.5 Å². The van der Waals surface area contributed by atoms with Crippen molar-refractivity contribution in [2.24, 2.45) is 0 Å². The van der Waals surface area contributed by atoms with E-state index in [1.165, 1.54) is 25.9 Å². The number of fused-ring (bicyclic) bond motifs is 3. The van der Waals surface area contributed by atoms with Crippen LogP contribution in [0.25, 0.3) is 38.7 Å². The zero-order valence-corrected chi connectivity index (χ0v) is 35.8. The molecule has 6 nitrogen and oxygen atoms in total. The number of halogens is 2. The molecule has 0 aliphatic carbocycles. The number of carbonyl (C=O) groups excluding carboxylic acids is 1. The molecule has 0 unspecified atom stereocenters. The molecule has 56 heavy (non-hydrogen) atoms. The van der Waals surface area contributed by atoms with Crippen LogP contribution in [-0.4, -0.2) is 37.7 Å². The third-order valence-corrected chi connectivity index (χ3v) is 13.4. The normalized spacial score (nSPS) is 13.8. The number of ether oxygens (including phenoxy) is 1. The lowest BCUT2D eigenvalue weighted by molar-refractivity contribution is -0.669. The summed E-state index contributed by atoms with van der Waals surface area (Å²) < 4.78 is 10.3. The summed E-state index contributed by atoms with van der Waals surface area (Å²) in [5.41, 5.74) is 6.77. The number of aromatic nitrogens is 2. The zero-order valence-electron chi connectivity index (χ0n) is 31.8. The summed E-state index contributed by atoms with van der Waals surface area (Å²) in [7, 11) is 2.12. The number of esters is 1. The van der Waals surface area contributed by atoms with Crippen molar-refractivity contribution in [1.82, 2.24) is 4.98 Å².